The fraction of sp³-hybridized carbons (Fsp3) is 0.250. The van der Waals surface area contributed by atoms with Crippen molar-refractivity contribution < 1.29 is 14.5 Å². The monoisotopic (exact) mass is 311 g/mol. The first-order valence-electron chi connectivity index (χ1n) is 7.11. The van der Waals surface area contributed by atoms with Crippen LogP contribution in [-0.4, -0.2) is 10.7 Å². The molecule has 116 valence electrons. The third kappa shape index (κ3) is 2.44. The topological polar surface area (TPSA) is 119 Å². The molecular formula is C16H13N3O4. The summed E-state index contributed by atoms with van der Waals surface area (Å²) < 4.78 is 5.38. The molecule has 0 spiro atoms. The maximum absolute atomic E-state index is 12.1. The lowest BCUT2D eigenvalue weighted by atomic mass is 9.78. The molecule has 0 fully saturated rings. The zero-order valence-corrected chi connectivity index (χ0v) is 12.1. The van der Waals surface area contributed by atoms with Crippen molar-refractivity contribution in [2.45, 2.75) is 25.2 Å². The SMILES string of the molecule is N#CC1=C(N)OC2=C(CCCC2=O)[C@@H]1c1ccc([N+](=O)[O-])cc1. The Bertz CT molecular complexity index is 800. The lowest BCUT2D eigenvalue weighted by molar-refractivity contribution is -0.384. The zero-order valence-electron chi connectivity index (χ0n) is 12.1. The van der Waals surface area contributed by atoms with E-state index >= 15 is 0 Å². The first-order valence-corrected chi connectivity index (χ1v) is 7.11. The highest BCUT2D eigenvalue weighted by molar-refractivity contribution is 5.96. The maximum atomic E-state index is 12.1. The fourth-order valence-electron chi connectivity index (χ4n) is 3.00. The van der Waals surface area contributed by atoms with Crippen molar-refractivity contribution in [2.24, 2.45) is 5.73 Å². The number of ketones is 1. The molecule has 0 aromatic heterocycles. The van der Waals surface area contributed by atoms with Crippen LogP contribution in [0.5, 0.6) is 0 Å². The molecule has 1 aliphatic heterocycles. The fourth-order valence-corrected chi connectivity index (χ4v) is 3.00. The van der Waals surface area contributed by atoms with Gasteiger partial charge >= 0.3 is 0 Å². The number of nitrogens with two attached hydrogens (primary N) is 1. The number of allylic oxidation sites excluding steroid dienone is 3. The molecule has 0 saturated carbocycles. The van der Waals surface area contributed by atoms with Gasteiger partial charge in [-0.3, -0.25) is 14.9 Å². The van der Waals surface area contributed by atoms with Crippen LogP contribution in [0.2, 0.25) is 0 Å². The van der Waals surface area contributed by atoms with E-state index in [1.165, 1.54) is 12.1 Å². The molecule has 0 bridgehead atoms. The van der Waals surface area contributed by atoms with Crippen LogP contribution in [0.3, 0.4) is 0 Å². The van der Waals surface area contributed by atoms with Crippen molar-refractivity contribution in [3.8, 4) is 6.07 Å². The van der Waals surface area contributed by atoms with Crippen molar-refractivity contribution in [3.63, 3.8) is 0 Å². The molecule has 1 heterocycles. The summed E-state index contributed by atoms with van der Waals surface area (Å²) in [6.45, 7) is 0. The van der Waals surface area contributed by atoms with Gasteiger partial charge < -0.3 is 10.5 Å². The Balaban J connectivity index is 2.12. The molecule has 7 heteroatoms. The van der Waals surface area contributed by atoms with Gasteiger partial charge in [0.25, 0.3) is 5.69 Å². The Morgan fingerprint density at radius 3 is 2.61 bits per heavy atom. The van der Waals surface area contributed by atoms with Crippen LogP contribution in [0.15, 0.2) is 47.1 Å². The highest BCUT2D eigenvalue weighted by Crippen LogP contribution is 2.43. The predicted molar refractivity (Wildman–Crippen MR) is 79.6 cm³/mol. The molecule has 0 unspecified atom stereocenters. The van der Waals surface area contributed by atoms with E-state index in [2.05, 4.69) is 0 Å². The van der Waals surface area contributed by atoms with E-state index in [1.807, 2.05) is 6.07 Å². The van der Waals surface area contributed by atoms with Crippen LogP contribution in [0, 0.1) is 21.4 Å². The summed E-state index contributed by atoms with van der Waals surface area (Å²) in [4.78, 5) is 22.4. The largest absolute Gasteiger partial charge is 0.437 e. The second kappa shape index (κ2) is 5.57. The van der Waals surface area contributed by atoms with Crippen molar-refractivity contribution in [1.82, 2.24) is 0 Å². The number of hydrogen-bond acceptors (Lipinski definition) is 6. The molecule has 0 amide bonds. The lowest BCUT2D eigenvalue weighted by Gasteiger charge is -2.31. The van der Waals surface area contributed by atoms with E-state index in [0.29, 0.717) is 24.8 Å². The summed E-state index contributed by atoms with van der Waals surface area (Å²) in [5.41, 5.74) is 7.40. The molecule has 1 atom stereocenters. The number of nitriles is 1. The highest BCUT2D eigenvalue weighted by Gasteiger charge is 2.37. The van der Waals surface area contributed by atoms with Gasteiger partial charge in [-0.15, -0.1) is 0 Å². The van der Waals surface area contributed by atoms with Crippen LogP contribution < -0.4 is 5.73 Å². The molecule has 0 saturated heterocycles. The predicted octanol–water partition coefficient (Wildman–Crippen LogP) is 2.41. The van der Waals surface area contributed by atoms with Gasteiger partial charge in [0.2, 0.25) is 5.88 Å². The molecule has 0 radical (unpaired) electrons. The highest BCUT2D eigenvalue weighted by atomic mass is 16.6. The second-order valence-electron chi connectivity index (χ2n) is 5.40. The number of nitro groups is 1. The average Bonchev–Trinajstić information content (AvgIpc) is 2.54. The normalized spacial score (nSPS) is 20.7. The van der Waals surface area contributed by atoms with Crippen molar-refractivity contribution in [3.05, 3.63) is 62.7 Å². The van der Waals surface area contributed by atoms with E-state index in [0.717, 1.165) is 5.57 Å². The molecule has 1 aromatic carbocycles. The molecule has 1 aromatic rings. The van der Waals surface area contributed by atoms with Gasteiger partial charge in [-0.1, -0.05) is 12.1 Å². The minimum atomic E-state index is -0.492. The molecule has 2 aliphatic rings. The number of nitro benzene ring substituents is 1. The summed E-state index contributed by atoms with van der Waals surface area (Å²) in [6.07, 6.45) is 1.70. The number of nitrogens with zero attached hydrogens (tertiary/aromatic N) is 2. The molecule has 23 heavy (non-hydrogen) atoms. The quantitative estimate of drug-likeness (QED) is 0.661. The van der Waals surface area contributed by atoms with Crippen LogP contribution in [0.25, 0.3) is 0 Å². The van der Waals surface area contributed by atoms with Crippen LogP contribution in [0.4, 0.5) is 5.69 Å². The van der Waals surface area contributed by atoms with E-state index < -0.39 is 10.8 Å². The minimum Gasteiger partial charge on any atom is -0.437 e. The molecule has 1 aliphatic carbocycles. The summed E-state index contributed by atoms with van der Waals surface area (Å²) in [6, 6.07) is 7.96. The summed E-state index contributed by atoms with van der Waals surface area (Å²) >= 11 is 0. The van der Waals surface area contributed by atoms with Crippen LogP contribution in [0.1, 0.15) is 30.7 Å². The van der Waals surface area contributed by atoms with E-state index in [-0.39, 0.29) is 28.7 Å². The first-order chi connectivity index (χ1) is 11.0. The van der Waals surface area contributed by atoms with Gasteiger partial charge in [0, 0.05) is 24.5 Å². The van der Waals surface area contributed by atoms with Crippen LogP contribution in [-0.2, 0) is 9.53 Å². The zero-order chi connectivity index (χ0) is 16.6. The van der Waals surface area contributed by atoms with Gasteiger partial charge in [-0.05, 0) is 24.0 Å². The standard InChI is InChI=1S/C16H13N3O4/c17-8-12-14(9-4-6-10(7-5-9)19(21)22)11-2-1-3-13(20)15(11)23-16(12)18/h4-7,14H,1-3,18H2/t14-/m0/s1. The van der Waals surface area contributed by atoms with E-state index in [4.69, 9.17) is 10.5 Å². The van der Waals surface area contributed by atoms with E-state index in [9.17, 15) is 20.2 Å². The van der Waals surface area contributed by atoms with Gasteiger partial charge in [0.05, 0.1) is 4.92 Å². The Morgan fingerprint density at radius 2 is 2.00 bits per heavy atom. The first kappa shape index (κ1) is 14.8. The lowest BCUT2D eigenvalue weighted by Crippen LogP contribution is -2.26. The van der Waals surface area contributed by atoms with E-state index in [1.54, 1.807) is 12.1 Å². The van der Waals surface area contributed by atoms with Gasteiger partial charge in [0.15, 0.2) is 11.5 Å². The molecular weight excluding hydrogens is 298 g/mol. The number of Topliss-reactive ketones (excluding diaryl/α,β-unsaturated/α-hetero) is 1. The molecule has 3 rings (SSSR count). The maximum Gasteiger partial charge on any atom is 0.269 e. The third-order valence-electron chi connectivity index (χ3n) is 4.07. The Labute approximate surface area is 131 Å². The smallest absolute Gasteiger partial charge is 0.269 e. The van der Waals surface area contributed by atoms with Gasteiger partial charge in [-0.2, -0.15) is 5.26 Å². The second-order valence-corrected chi connectivity index (χ2v) is 5.40. The number of hydrogen-bond donors (Lipinski definition) is 1. The number of benzene rings is 1. The summed E-state index contributed by atoms with van der Waals surface area (Å²) in [5, 5.41) is 20.2. The summed E-state index contributed by atoms with van der Waals surface area (Å²) in [5.74, 6) is -0.479. The average molecular weight is 311 g/mol. The summed E-state index contributed by atoms with van der Waals surface area (Å²) in [7, 11) is 0. The third-order valence-corrected chi connectivity index (χ3v) is 4.07. The molecule has 2 N–H and O–H groups in total. The molecule has 7 nitrogen and oxygen atoms in total. The van der Waals surface area contributed by atoms with Crippen molar-refractivity contribution >= 4 is 11.5 Å². The Hall–Kier alpha value is -3.14. The minimum absolute atomic E-state index is 0.0369. The Morgan fingerprint density at radius 1 is 1.30 bits per heavy atom. The van der Waals surface area contributed by atoms with Crippen molar-refractivity contribution in [1.29, 1.82) is 5.26 Å². The van der Waals surface area contributed by atoms with Crippen LogP contribution >= 0.6 is 0 Å². The van der Waals surface area contributed by atoms with Gasteiger partial charge in [-0.25, -0.2) is 0 Å². The Kier molecular flexibility index (Phi) is 3.58. The number of non-ortho nitro benzene ring substituents is 1. The number of carbonyl (C=O) groups excluding carboxylic acids is 1. The number of carbonyl (C=O) groups is 1. The number of ether oxygens (including phenoxy) is 1. The van der Waals surface area contributed by atoms with Crippen molar-refractivity contribution in [2.75, 3.05) is 0 Å². The number of rotatable bonds is 2. The van der Waals surface area contributed by atoms with Gasteiger partial charge in [0.1, 0.15) is 11.6 Å².